The SMILES string of the molecule is CC[C@H]1OC(=O)[C@@H]2CO[C@@]3(C[C@](C)(OC)[C@@H](O)C(C)O3)O[C@H]2[C@H](C)[C@@H](O[C@@H]2OC(C)C[C@@H](N(C)C)C2O)[C@](C)(O)C[C@@H](C)/C(=C\OCOCCOC)[C@H](C)[C@@H](O)[C@]1(C)O. The number of hydrogen-bond acceptors (Lipinski definition) is 17. The summed E-state index contributed by atoms with van der Waals surface area (Å²) in [6, 6.07) is -0.332. The van der Waals surface area contributed by atoms with Gasteiger partial charge in [0, 0.05) is 32.1 Å². The molecule has 4 rings (SSSR count). The Morgan fingerprint density at radius 2 is 1.64 bits per heavy atom. The molecule has 0 bridgehead atoms. The highest BCUT2D eigenvalue weighted by Gasteiger charge is 2.61. The first-order chi connectivity index (χ1) is 27.5. The van der Waals surface area contributed by atoms with E-state index in [0.717, 1.165) is 0 Å². The molecular formula is C42H75NO16. The van der Waals surface area contributed by atoms with Crippen LogP contribution in [0.1, 0.15) is 88.0 Å². The quantitative estimate of drug-likeness (QED) is 0.0872. The second kappa shape index (κ2) is 20.3. The topological polar surface area (TPSA) is 214 Å². The summed E-state index contributed by atoms with van der Waals surface area (Å²) in [6.07, 6.45) is -7.41. The maximum atomic E-state index is 14.5. The second-order valence-electron chi connectivity index (χ2n) is 18.2. The van der Waals surface area contributed by atoms with Crippen molar-refractivity contribution in [3.63, 3.8) is 0 Å². The molecule has 0 aromatic rings. The number of fused-ring (bicyclic) bond motifs is 1. The number of ether oxygens (including phenoxy) is 10. The molecule has 4 saturated heterocycles. The largest absolute Gasteiger partial charge is 0.475 e. The molecule has 1 spiro atoms. The van der Waals surface area contributed by atoms with Crippen molar-refractivity contribution in [3.05, 3.63) is 11.8 Å². The lowest BCUT2D eigenvalue weighted by Crippen LogP contribution is -2.67. The van der Waals surface area contributed by atoms with Gasteiger partial charge in [0.15, 0.2) is 13.1 Å². The van der Waals surface area contributed by atoms with Crippen LogP contribution in [0.3, 0.4) is 0 Å². The van der Waals surface area contributed by atoms with Crippen molar-refractivity contribution >= 4 is 5.97 Å². The van der Waals surface area contributed by atoms with Gasteiger partial charge in [-0.25, -0.2) is 0 Å². The molecule has 0 saturated carbocycles. The molecule has 4 heterocycles. The minimum absolute atomic E-state index is 0.0125. The van der Waals surface area contributed by atoms with Crippen LogP contribution >= 0.6 is 0 Å². The third kappa shape index (κ3) is 11.2. The van der Waals surface area contributed by atoms with Crippen molar-refractivity contribution < 1.29 is 77.7 Å². The average Bonchev–Trinajstić information content (AvgIpc) is 3.17. The van der Waals surface area contributed by atoms with Crippen LogP contribution in [-0.4, -0.2) is 175 Å². The molecule has 4 aliphatic rings. The maximum absolute atomic E-state index is 14.5. The van der Waals surface area contributed by atoms with E-state index in [4.69, 9.17) is 47.4 Å². The molecule has 4 aliphatic heterocycles. The van der Waals surface area contributed by atoms with Crippen molar-refractivity contribution in [2.45, 2.75) is 172 Å². The highest BCUT2D eigenvalue weighted by Crippen LogP contribution is 2.47. The van der Waals surface area contributed by atoms with Gasteiger partial charge in [0.25, 0.3) is 5.97 Å². The van der Waals surface area contributed by atoms with E-state index in [-0.39, 0.29) is 51.4 Å². The summed E-state index contributed by atoms with van der Waals surface area (Å²) in [5.41, 5.74) is -4.35. The van der Waals surface area contributed by atoms with Gasteiger partial charge in [0.2, 0.25) is 0 Å². The zero-order valence-corrected chi connectivity index (χ0v) is 37.5. The lowest BCUT2D eigenvalue weighted by atomic mass is 9.72. The molecule has 59 heavy (non-hydrogen) atoms. The van der Waals surface area contributed by atoms with Gasteiger partial charge in [-0.3, -0.25) is 4.79 Å². The number of methoxy groups -OCH3 is 2. The van der Waals surface area contributed by atoms with E-state index >= 15 is 0 Å². The molecule has 0 radical (unpaired) electrons. The standard InChI is InChI=1S/C42H75NO16/c1-14-31-41(9,49)34(45)25(4)28(19-53-22-52-16-15-50-12)23(2)18-39(7,48)36(57-38-32(44)30(43(10)11)17-24(3)55-38)26(5)33-29(37(47)56-31)20-54-42(59-33)21-40(8,51-13)35(46)27(6)58-42/h19,23-27,29-36,38,44-46,48-49H,14-18,20-22H2,1-13H3/b28-19+/t23-,24?,25+,26+,27?,29-,30-,31-,32?,33+,34-,35+,36-,38+,39-,40+,41-,42-/m1/s1. The number of rotatable bonds is 11. The van der Waals surface area contributed by atoms with Crippen molar-refractivity contribution in [3.8, 4) is 0 Å². The van der Waals surface area contributed by atoms with Crippen LogP contribution in [0.2, 0.25) is 0 Å². The van der Waals surface area contributed by atoms with Gasteiger partial charge in [-0.15, -0.1) is 0 Å². The molecular weight excluding hydrogens is 774 g/mol. The lowest BCUT2D eigenvalue weighted by Gasteiger charge is -2.55. The Kier molecular flexibility index (Phi) is 17.2. The second-order valence-corrected chi connectivity index (χ2v) is 18.2. The van der Waals surface area contributed by atoms with Crippen LogP contribution in [0.4, 0.5) is 0 Å². The van der Waals surface area contributed by atoms with Crippen LogP contribution < -0.4 is 0 Å². The molecule has 17 heteroatoms. The zero-order valence-electron chi connectivity index (χ0n) is 37.5. The van der Waals surface area contributed by atoms with Gasteiger partial charge >= 0.3 is 5.97 Å². The Bertz CT molecular complexity index is 1380. The molecule has 0 aromatic heterocycles. The molecule has 18 atom stereocenters. The molecule has 17 nitrogen and oxygen atoms in total. The summed E-state index contributed by atoms with van der Waals surface area (Å²) < 4.78 is 60.7. The van der Waals surface area contributed by atoms with Crippen molar-refractivity contribution in [1.82, 2.24) is 4.90 Å². The van der Waals surface area contributed by atoms with Gasteiger partial charge < -0.3 is 77.8 Å². The minimum Gasteiger partial charge on any atom is -0.475 e. The molecule has 0 aromatic carbocycles. The number of likely N-dealkylation sites (N-methyl/N-ethyl adjacent to an activating group) is 1. The Morgan fingerprint density at radius 1 is 0.966 bits per heavy atom. The molecule has 3 unspecified atom stereocenters. The number of carbonyl (C=O) groups excluding carboxylic acids is 1. The van der Waals surface area contributed by atoms with E-state index < -0.39 is 101 Å². The fraction of sp³-hybridized carbons (Fsp3) is 0.929. The molecule has 344 valence electrons. The first-order valence-electron chi connectivity index (χ1n) is 21.1. The summed E-state index contributed by atoms with van der Waals surface area (Å²) in [5, 5.41) is 59.6. The maximum Gasteiger partial charge on any atom is 0.314 e. The fourth-order valence-corrected chi connectivity index (χ4v) is 9.52. The van der Waals surface area contributed by atoms with Crippen LogP contribution in [-0.2, 0) is 52.2 Å². The lowest BCUT2D eigenvalue weighted by molar-refractivity contribution is -0.474. The first-order valence-corrected chi connectivity index (χ1v) is 21.1. The van der Waals surface area contributed by atoms with Crippen molar-refractivity contribution in [2.75, 3.05) is 54.9 Å². The normalized spacial score (nSPS) is 47.4. The molecule has 0 amide bonds. The number of esters is 1. The first kappa shape index (κ1) is 50.1. The van der Waals surface area contributed by atoms with Crippen LogP contribution in [0.5, 0.6) is 0 Å². The van der Waals surface area contributed by atoms with E-state index in [1.165, 1.54) is 20.3 Å². The predicted molar refractivity (Wildman–Crippen MR) is 212 cm³/mol. The third-order valence-corrected chi connectivity index (χ3v) is 13.1. The summed E-state index contributed by atoms with van der Waals surface area (Å²) in [4.78, 5) is 16.4. The molecule has 0 aliphatic carbocycles. The average molecular weight is 850 g/mol. The zero-order chi connectivity index (χ0) is 44.2. The Morgan fingerprint density at radius 3 is 2.25 bits per heavy atom. The Labute approximate surface area is 350 Å². The van der Waals surface area contributed by atoms with Gasteiger partial charge in [0.05, 0.1) is 68.6 Å². The Balaban J connectivity index is 1.87. The number of cyclic esters (lactones) is 1. The van der Waals surface area contributed by atoms with E-state index in [1.54, 1.807) is 48.7 Å². The van der Waals surface area contributed by atoms with Gasteiger partial charge in [-0.1, -0.05) is 27.7 Å². The summed E-state index contributed by atoms with van der Waals surface area (Å²) in [6.45, 7) is 15.6. The van der Waals surface area contributed by atoms with Crippen LogP contribution in [0, 0.1) is 23.7 Å². The third-order valence-electron chi connectivity index (χ3n) is 13.1. The van der Waals surface area contributed by atoms with E-state index in [9.17, 15) is 30.3 Å². The highest BCUT2D eigenvalue weighted by molar-refractivity contribution is 5.74. The number of aliphatic hydroxyl groups excluding tert-OH is 3. The highest BCUT2D eigenvalue weighted by atomic mass is 16.9. The van der Waals surface area contributed by atoms with Crippen LogP contribution in [0.25, 0.3) is 0 Å². The number of hydrogen-bond donors (Lipinski definition) is 5. The van der Waals surface area contributed by atoms with Gasteiger partial charge in [-0.2, -0.15) is 0 Å². The van der Waals surface area contributed by atoms with Gasteiger partial charge in [0.1, 0.15) is 35.4 Å². The predicted octanol–water partition coefficient (Wildman–Crippen LogP) is 2.08. The summed E-state index contributed by atoms with van der Waals surface area (Å²) >= 11 is 0. The van der Waals surface area contributed by atoms with Crippen LogP contribution in [0.15, 0.2) is 11.8 Å². The van der Waals surface area contributed by atoms with E-state index in [0.29, 0.717) is 18.6 Å². The van der Waals surface area contributed by atoms with E-state index in [1.807, 2.05) is 32.8 Å². The fourth-order valence-electron chi connectivity index (χ4n) is 9.52. The number of carbonyl (C=O) groups is 1. The molecule has 4 fully saturated rings. The van der Waals surface area contributed by atoms with Crippen molar-refractivity contribution in [2.24, 2.45) is 23.7 Å². The summed E-state index contributed by atoms with van der Waals surface area (Å²) in [7, 11) is 6.75. The number of aliphatic hydroxyl groups is 5. The van der Waals surface area contributed by atoms with E-state index in [2.05, 4.69) is 0 Å². The summed E-state index contributed by atoms with van der Waals surface area (Å²) in [5.74, 6) is -5.93. The molecule has 5 N–H and O–H groups in total. The number of nitrogens with zero attached hydrogens (tertiary/aromatic N) is 1. The van der Waals surface area contributed by atoms with Crippen molar-refractivity contribution in [1.29, 1.82) is 0 Å². The monoisotopic (exact) mass is 850 g/mol. The van der Waals surface area contributed by atoms with Gasteiger partial charge in [-0.05, 0) is 79.5 Å². The Hall–Kier alpha value is -1.55. The minimum atomic E-state index is -1.96. The smallest absolute Gasteiger partial charge is 0.314 e.